The standard InChI is InChI=1S/C47H48N10O10/c1-47(2)32-23-28(11-12-29(32)45(64)67-47)50-46-49-24-31(39(53-46)51-34(25-58)26-7-4-3-5-8-26)42-55-54-41(66-42)27-15-19-56(20-16-27)37(60)17-21-65-22-18-48-33-10-6-9-30-38(33)44(63)57(43(30)62)35-13-14-36(59)52-40(35)61/h3-12,23-24,27,34-35,48,58H,13-22,25H2,1-2H3,(H,52,59,61)(H2,49,50,51,53)/t34-,35?/m1/s1. The van der Waals surface area contributed by atoms with Gasteiger partial charge in [0.2, 0.25) is 29.6 Å². The summed E-state index contributed by atoms with van der Waals surface area (Å²) < 4.78 is 17.5. The fourth-order valence-corrected chi connectivity index (χ4v) is 8.79. The second-order valence-electron chi connectivity index (χ2n) is 17.1. The number of aliphatic hydroxyl groups excluding tert-OH is 1. The third kappa shape index (κ3) is 9.17. The van der Waals surface area contributed by atoms with Gasteiger partial charge in [0, 0.05) is 55.1 Å². The SMILES string of the molecule is CC1(C)OC(=O)c2ccc(Nc3ncc(-c4nnc(C5CCN(C(=O)CCOCCNc6cccc7c6C(=O)N(C6CCC(=O)NC6=O)C7=O)CC5)o4)c(N[C@H](CO)c4ccccc4)n3)cc21. The molecule has 2 saturated heterocycles. The number of amides is 5. The van der Waals surface area contributed by atoms with Crippen molar-refractivity contribution >= 4 is 58.6 Å². The van der Waals surface area contributed by atoms with Gasteiger partial charge in [-0.3, -0.25) is 34.2 Å². The summed E-state index contributed by atoms with van der Waals surface area (Å²) in [5, 5.41) is 31.1. The number of nitrogens with zero attached hydrogens (tertiary/aromatic N) is 6. The zero-order valence-electron chi connectivity index (χ0n) is 36.7. The second-order valence-corrected chi connectivity index (χ2v) is 17.1. The van der Waals surface area contributed by atoms with Gasteiger partial charge in [-0.2, -0.15) is 4.98 Å². The van der Waals surface area contributed by atoms with Crippen LogP contribution in [0.15, 0.2) is 77.3 Å². The van der Waals surface area contributed by atoms with Crippen molar-refractivity contribution in [2.75, 3.05) is 55.4 Å². The molecule has 346 valence electrons. The van der Waals surface area contributed by atoms with Crippen LogP contribution >= 0.6 is 0 Å². The number of esters is 1. The number of piperidine rings is 2. The van der Waals surface area contributed by atoms with Crippen LogP contribution in [0.5, 0.6) is 0 Å². The Balaban J connectivity index is 0.781. The van der Waals surface area contributed by atoms with E-state index < -0.39 is 41.3 Å². The summed E-state index contributed by atoms with van der Waals surface area (Å²) in [6.45, 7) is 5.07. The molecule has 3 aromatic carbocycles. The summed E-state index contributed by atoms with van der Waals surface area (Å²) in [5.74, 6) is -1.66. The number of ether oxygens (including phenoxy) is 2. The molecule has 0 bridgehead atoms. The zero-order chi connectivity index (χ0) is 46.8. The number of aliphatic hydroxyl groups is 1. The monoisotopic (exact) mass is 912 g/mol. The molecule has 67 heavy (non-hydrogen) atoms. The summed E-state index contributed by atoms with van der Waals surface area (Å²) in [6, 6.07) is 18.0. The highest BCUT2D eigenvalue weighted by atomic mass is 16.6. The molecule has 5 N–H and O–H groups in total. The van der Waals surface area contributed by atoms with Crippen molar-refractivity contribution in [1.82, 2.24) is 35.3 Å². The van der Waals surface area contributed by atoms with Gasteiger partial charge in [0.25, 0.3) is 17.7 Å². The average Bonchev–Trinajstić information content (AvgIpc) is 3.98. The predicted molar refractivity (Wildman–Crippen MR) is 239 cm³/mol. The van der Waals surface area contributed by atoms with Crippen molar-refractivity contribution in [3.05, 3.63) is 107 Å². The highest BCUT2D eigenvalue weighted by Gasteiger charge is 2.46. The molecule has 0 radical (unpaired) electrons. The Morgan fingerprint density at radius 1 is 0.940 bits per heavy atom. The zero-order valence-corrected chi connectivity index (χ0v) is 36.7. The van der Waals surface area contributed by atoms with Gasteiger partial charge < -0.3 is 39.8 Å². The van der Waals surface area contributed by atoms with E-state index in [0.717, 1.165) is 16.0 Å². The van der Waals surface area contributed by atoms with Gasteiger partial charge >= 0.3 is 5.97 Å². The third-order valence-corrected chi connectivity index (χ3v) is 12.3. The number of aromatic nitrogens is 4. The maximum Gasteiger partial charge on any atom is 0.339 e. The molecule has 2 aromatic heterocycles. The van der Waals surface area contributed by atoms with Crippen molar-refractivity contribution in [3.8, 4) is 11.5 Å². The molecule has 1 unspecified atom stereocenters. The van der Waals surface area contributed by atoms with Gasteiger partial charge in [-0.05, 0) is 69.0 Å². The summed E-state index contributed by atoms with van der Waals surface area (Å²) in [7, 11) is 0. The van der Waals surface area contributed by atoms with Crippen LogP contribution in [-0.4, -0.2) is 116 Å². The quantitative estimate of drug-likeness (QED) is 0.0520. The van der Waals surface area contributed by atoms with Gasteiger partial charge in [-0.1, -0.05) is 36.4 Å². The first-order chi connectivity index (χ1) is 32.4. The smallest absolute Gasteiger partial charge is 0.339 e. The molecular formula is C47H48N10O10. The number of likely N-dealkylation sites (tertiary alicyclic amines) is 1. The lowest BCUT2D eigenvalue weighted by Gasteiger charge is -2.30. The topological polar surface area (TPSA) is 260 Å². The highest BCUT2D eigenvalue weighted by Crippen LogP contribution is 2.39. The Hall–Kier alpha value is -7.58. The van der Waals surface area contributed by atoms with Gasteiger partial charge in [0.05, 0.1) is 54.5 Å². The third-order valence-electron chi connectivity index (χ3n) is 12.3. The van der Waals surface area contributed by atoms with Gasteiger partial charge in [0.15, 0.2) is 0 Å². The van der Waals surface area contributed by atoms with E-state index in [0.29, 0.717) is 60.1 Å². The average molecular weight is 913 g/mol. The predicted octanol–water partition coefficient (Wildman–Crippen LogP) is 4.45. The number of carbonyl (C=O) groups excluding carboxylic acids is 6. The molecule has 4 aliphatic heterocycles. The Morgan fingerprint density at radius 2 is 1.75 bits per heavy atom. The molecule has 9 rings (SSSR count). The minimum atomic E-state index is -1.06. The Morgan fingerprint density at radius 3 is 2.52 bits per heavy atom. The van der Waals surface area contributed by atoms with E-state index in [1.807, 2.05) is 50.2 Å². The number of anilines is 4. The van der Waals surface area contributed by atoms with Crippen LogP contribution in [0.1, 0.15) is 106 Å². The van der Waals surface area contributed by atoms with Crippen LogP contribution in [0.4, 0.5) is 23.1 Å². The maximum atomic E-state index is 13.4. The first kappa shape index (κ1) is 44.6. The number of rotatable bonds is 16. The molecule has 2 fully saturated rings. The molecule has 5 aromatic rings. The summed E-state index contributed by atoms with van der Waals surface area (Å²) in [5.41, 5.74) is 3.10. The Bertz CT molecular complexity index is 2750. The summed E-state index contributed by atoms with van der Waals surface area (Å²) in [6.07, 6.45) is 3.03. The van der Waals surface area contributed by atoms with E-state index in [-0.39, 0.29) is 86.4 Å². The molecule has 2 atom stereocenters. The number of nitrogens with one attached hydrogen (secondary N) is 4. The Labute approximate surface area is 383 Å². The van der Waals surface area contributed by atoms with Crippen molar-refractivity contribution < 1.29 is 47.8 Å². The van der Waals surface area contributed by atoms with Crippen molar-refractivity contribution in [1.29, 1.82) is 0 Å². The number of imide groups is 2. The molecule has 20 heteroatoms. The minimum absolute atomic E-state index is 0.0329. The molecule has 5 amide bonds. The molecule has 0 saturated carbocycles. The van der Waals surface area contributed by atoms with E-state index in [9.17, 15) is 33.9 Å². The lowest BCUT2D eigenvalue weighted by molar-refractivity contribution is -0.136. The van der Waals surface area contributed by atoms with Crippen LogP contribution in [-0.2, 0) is 29.5 Å². The molecule has 4 aliphatic rings. The summed E-state index contributed by atoms with van der Waals surface area (Å²) >= 11 is 0. The fourth-order valence-electron chi connectivity index (χ4n) is 8.79. The number of fused-ring (bicyclic) bond motifs is 2. The van der Waals surface area contributed by atoms with Crippen LogP contribution in [0.3, 0.4) is 0 Å². The largest absolute Gasteiger partial charge is 0.451 e. The minimum Gasteiger partial charge on any atom is -0.451 e. The number of benzene rings is 3. The molecule has 6 heterocycles. The number of hydrogen-bond acceptors (Lipinski definition) is 17. The highest BCUT2D eigenvalue weighted by molar-refractivity contribution is 6.25. The molecule has 0 aliphatic carbocycles. The Kier molecular flexibility index (Phi) is 12.5. The van der Waals surface area contributed by atoms with Crippen LogP contribution in [0.2, 0.25) is 0 Å². The molecular weight excluding hydrogens is 865 g/mol. The van der Waals surface area contributed by atoms with E-state index in [1.165, 1.54) is 6.07 Å². The molecule has 0 spiro atoms. The van der Waals surface area contributed by atoms with Crippen molar-refractivity contribution in [2.24, 2.45) is 0 Å². The van der Waals surface area contributed by atoms with Crippen molar-refractivity contribution in [3.63, 3.8) is 0 Å². The van der Waals surface area contributed by atoms with Gasteiger partial charge in [-0.15, -0.1) is 10.2 Å². The van der Waals surface area contributed by atoms with Crippen molar-refractivity contribution in [2.45, 2.75) is 69.6 Å². The van der Waals surface area contributed by atoms with E-state index >= 15 is 0 Å². The fraction of sp³-hybridized carbons (Fsp3) is 0.362. The first-order valence-corrected chi connectivity index (χ1v) is 22.1. The number of carbonyl (C=O) groups is 6. The normalized spacial score (nSPS) is 18.3. The van der Waals surface area contributed by atoms with Crippen LogP contribution in [0, 0.1) is 0 Å². The number of cyclic esters (lactones) is 1. The maximum absolute atomic E-state index is 13.4. The molecule has 20 nitrogen and oxygen atoms in total. The number of hydrogen-bond donors (Lipinski definition) is 5. The van der Waals surface area contributed by atoms with E-state index in [2.05, 4.69) is 36.4 Å². The lowest BCUT2D eigenvalue weighted by atomic mass is 9.95. The first-order valence-electron chi connectivity index (χ1n) is 22.1. The van der Waals surface area contributed by atoms with Crippen LogP contribution in [0.25, 0.3) is 11.5 Å². The summed E-state index contributed by atoms with van der Waals surface area (Å²) in [4.78, 5) is 88.1. The second kappa shape index (κ2) is 18.7. The van der Waals surface area contributed by atoms with Gasteiger partial charge in [-0.25, -0.2) is 9.78 Å². The van der Waals surface area contributed by atoms with Crippen LogP contribution < -0.4 is 21.3 Å². The van der Waals surface area contributed by atoms with E-state index in [4.69, 9.17) is 18.9 Å². The lowest BCUT2D eigenvalue weighted by Crippen LogP contribution is -2.54. The van der Waals surface area contributed by atoms with E-state index in [1.54, 1.807) is 35.4 Å². The van der Waals surface area contributed by atoms with Gasteiger partial charge in [0.1, 0.15) is 17.5 Å².